The molecule has 2 saturated carbocycles. The fourth-order valence-electron chi connectivity index (χ4n) is 8.53. The van der Waals surface area contributed by atoms with Crippen molar-refractivity contribution in [3.63, 3.8) is 0 Å². The number of pyridine rings is 2. The summed E-state index contributed by atoms with van der Waals surface area (Å²) in [4.78, 5) is 45.7. The Morgan fingerprint density at radius 3 is 1.51 bits per heavy atom. The molecule has 8 N–H and O–H groups in total. The van der Waals surface area contributed by atoms with Gasteiger partial charge in [0.25, 0.3) is 0 Å². The molecule has 0 atom stereocenters. The minimum atomic E-state index is -0.589. The number of benzene rings is 4. The number of methoxy groups -OCH3 is 2. The number of hydrogen-bond donors (Lipinski definition) is 7. The molecule has 0 saturated heterocycles. The highest BCUT2D eigenvalue weighted by molar-refractivity contribution is 5.90. The van der Waals surface area contributed by atoms with Crippen molar-refractivity contribution in [2.45, 2.75) is 105 Å². The van der Waals surface area contributed by atoms with Crippen LogP contribution < -0.4 is 60.7 Å². The van der Waals surface area contributed by atoms with Gasteiger partial charge in [0.05, 0.1) is 62.1 Å². The van der Waals surface area contributed by atoms with E-state index >= 15 is 0 Å². The number of ether oxygens (including phenoxy) is 9. The molecule has 2 aliphatic carbocycles. The molecule has 2 aromatic heterocycles. The smallest absolute Gasteiger partial charge is 0.413 e. The zero-order valence-corrected chi connectivity index (χ0v) is 49.1. The monoisotopic (exact) mass is 1150 g/mol. The lowest BCUT2D eigenvalue weighted by atomic mass is 10.1. The molecule has 6 aromatic rings. The van der Waals surface area contributed by atoms with Crippen LogP contribution in [0.2, 0.25) is 0 Å². The van der Waals surface area contributed by atoms with Crippen LogP contribution in [0.4, 0.5) is 37.4 Å². The van der Waals surface area contributed by atoms with Gasteiger partial charge in [-0.05, 0) is 151 Å². The standard InChI is InChI=1S/C32H38N4O7.C31H40N4O6/c1-32(2,3)43-30(37)34-15-14-33-24-16-25(35-29-23(24)19-42-31(38)36-29)28-26(40-17-20-8-9-20)6-5-7-27(28)41-18-21-10-12-22(39-4)13-11-21;1-31(2,3)41-30(37)34-15-14-33-24-16-25(35-29(32)23(24)17-36)28-26(39-18-20-8-9-20)6-5-7-27(28)40-19-21-10-12-22(38-4)13-11-21/h5-7,10-13,16,20H,8-9,14-15,17-19H2,1-4H3,(H,34,37)(H2,33,35,36,38);5-7,10-13,16,20,36H,8-9,14-15,17-19H2,1-4H3,(H,34,37)(H3,32,33,35). The number of nitrogens with zero attached hydrogens (tertiary/aromatic N) is 2. The van der Waals surface area contributed by atoms with Crippen LogP contribution in [0.3, 0.4) is 0 Å². The molecule has 0 spiro atoms. The van der Waals surface area contributed by atoms with E-state index in [1.807, 2.05) is 118 Å². The maximum Gasteiger partial charge on any atom is 0.413 e. The summed E-state index contributed by atoms with van der Waals surface area (Å²) in [5.74, 6) is 5.67. The van der Waals surface area contributed by atoms with Crippen LogP contribution in [0.25, 0.3) is 22.5 Å². The highest BCUT2D eigenvalue weighted by atomic mass is 16.6. The number of aliphatic hydroxyl groups excluding tert-OH is 1. The number of carbonyl (C=O) groups excluding carboxylic acids is 3. The van der Waals surface area contributed by atoms with E-state index in [9.17, 15) is 19.5 Å². The van der Waals surface area contributed by atoms with Gasteiger partial charge in [0.15, 0.2) is 0 Å². The van der Waals surface area contributed by atoms with Crippen LogP contribution in [-0.2, 0) is 40.6 Å². The minimum absolute atomic E-state index is 0.0525. The zero-order chi connectivity index (χ0) is 59.8. The van der Waals surface area contributed by atoms with Crippen molar-refractivity contribution in [1.29, 1.82) is 0 Å². The molecule has 0 bridgehead atoms. The van der Waals surface area contributed by atoms with Gasteiger partial charge in [-0.1, -0.05) is 36.4 Å². The number of fused-ring (bicyclic) bond motifs is 1. The summed E-state index contributed by atoms with van der Waals surface area (Å²) in [5, 5.41) is 24.8. The summed E-state index contributed by atoms with van der Waals surface area (Å²) in [6.45, 7) is 13.8. The highest BCUT2D eigenvalue weighted by Crippen LogP contribution is 2.44. The predicted molar refractivity (Wildman–Crippen MR) is 320 cm³/mol. The molecule has 2 fully saturated rings. The van der Waals surface area contributed by atoms with Crippen molar-refractivity contribution >= 4 is 41.3 Å². The Morgan fingerprint density at radius 1 is 0.631 bits per heavy atom. The number of anilines is 4. The van der Waals surface area contributed by atoms with Gasteiger partial charge < -0.3 is 74.7 Å². The van der Waals surface area contributed by atoms with E-state index in [-0.39, 0.29) is 19.0 Å². The molecular weight excluding hydrogens is 1080 g/mol. The molecule has 3 heterocycles. The average Bonchev–Trinajstić information content (AvgIpc) is 3.79. The third-order valence-corrected chi connectivity index (χ3v) is 13.2. The van der Waals surface area contributed by atoms with E-state index in [0.717, 1.165) is 48.3 Å². The fraction of sp³-hybridized carbons (Fsp3) is 0.413. The number of nitrogens with two attached hydrogens (primary N) is 1. The Hall–Kier alpha value is -8.85. The van der Waals surface area contributed by atoms with Crippen molar-refractivity contribution in [3.8, 4) is 57.0 Å². The molecule has 4 aromatic carbocycles. The molecule has 448 valence electrons. The lowest BCUT2D eigenvalue weighted by Crippen LogP contribution is -2.35. The maximum atomic E-state index is 12.1. The summed E-state index contributed by atoms with van der Waals surface area (Å²) < 4.78 is 51.5. The van der Waals surface area contributed by atoms with E-state index in [0.29, 0.717) is 138 Å². The van der Waals surface area contributed by atoms with E-state index in [4.69, 9.17) is 53.3 Å². The quantitative estimate of drug-likeness (QED) is 0.0207. The first kappa shape index (κ1) is 61.2. The molecule has 9 rings (SSSR count). The number of carbonyl (C=O) groups is 3. The molecule has 84 heavy (non-hydrogen) atoms. The van der Waals surface area contributed by atoms with Crippen molar-refractivity contribution in [3.05, 3.63) is 119 Å². The molecule has 0 unspecified atom stereocenters. The van der Waals surface area contributed by atoms with Crippen molar-refractivity contribution < 1.29 is 62.1 Å². The largest absolute Gasteiger partial charge is 0.497 e. The first-order valence-corrected chi connectivity index (χ1v) is 28.2. The topological polar surface area (TPSA) is 266 Å². The van der Waals surface area contributed by atoms with Gasteiger partial charge >= 0.3 is 18.3 Å². The number of cyclic esters (lactones) is 1. The van der Waals surface area contributed by atoms with Crippen LogP contribution in [-0.4, -0.2) is 98.2 Å². The average molecular weight is 1160 g/mol. The molecule has 21 heteroatoms. The number of hydrogen-bond acceptors (Lipinski definition) is 18. The van der Waals surface area contributed by atoms with Gasteiger partial charge in [0.2, 0.25) is 0 Å². The third-order valence-electron chi connectivity index (χ3n) is 13.2. The zero-order valence-electron chi connectivity index (χ0n) is 49.1. The van der Waals surface area contributed by atoms with Gasteiger partial charge in [-0.3, -0.25) is 5.32 Å². The third kappa shape index (κ3) is 18.3. The lowest BCUT2D eigenvalue weighted by Gasteiger charge is -2.23. The Bertz CT molecular complexity index is 3190. The first-order chi connectivity index (χ1) is 40.3. The van der Waals surface area contributed by atoms with Crippen LogP contribution >= 0.6 is 0 Å². The maximum absolute atomic E-state index is 12.1. The fourth-order valence-corrected chi connectivity index (χ4v) is 8.53. The summed E-state index contributed by atoms with van der Waals surface area (Å²) >= 11 is 0. The number of amides is 3. The molecule has 21 nitrogen and oxygen atoms in total. The van der Waals surface area contributed by atoms with E-state index in [1.54, 1.807) is 35.0 Å². The van der Waals surface area contributed by atoms with Gasteiger partial charge in [-0.25, -0.2) is 24.4 Å². The van der Waals surface area contributed by atoms with E-state index in [1.165, 1.54) is 0 Å². The van der Waals surface area contributed by atoms with Gasteiger partial charge in [0.1, 0.15) is 77.2 Å². The molecular formula is C63H78N8O13. The van der Waals surface area contributed by atoms with E-state index < -0.39 is 29.5 Å². The summed E-state index contributed by atoms with van der Waals surface area (Å²) in [7, 11) is 3.26. The van der Waals surface area contributed by atoms with Gasteiger partial charge in [-0.2, -0.15) is 0 Å². The number of aliphatic hydroxyl groups is 1. The van der Waals surface area contributed by atoms with E-state index in [2.05, 4.69) is 31.6 Å². The summed E-state index contributed by atoms with van der Waals surface area (Å²) in [6.07, 6.45) is 3.04. The Balaban J connectivity index is 0.000000219. The van der Waals surface area contributed by atoms with Crippen molar-refractivity contribution in [2.24, 2.45) is 11.8 Å². The van der Waals surface area contributed by atoms with Crippen LogP contribution in [0, 0.1) is 11.8 Å². The summed E-state index contributed by atoms with van der Waals surface area (Å²) in [5.41, 5.74) is 12.0. The second-order valence-corrected chi connectivity index (χ2v) is 22.4. The minimum Gasteiger partial charge on any atom is -0.497 e. The number of alkyl carbamates (subject to hydrolysis) is 2. The number of nitrogen functional groups attached to an aromatic ring is 1. The van der Waals surface area contributed by atoms with Crippen molar-refractivity contribution in [2.75, 3.05) is 75.3 Å². The molecule has 3 aliphatic rings. The van der Waals surface area contributed by atoms with Gasteiger partial charge in [0, 0.05) is 43.1 Å². The lowest BCUT2D eigenvalue weighted by molar-refractivity contribution is 0.0518. The molecule has 0 radical (unpaired) electrons. The predicted octanol–water partition coefficient (Wildman–Crippen LogP) is 11.3. The van der Waals surface area contributed by atoms with Crippen LogP contribution in [0.15, 0.2) is 97.1 Å². The molecule has 1 aliphatic heterocycles. The first-order valence-electron chi connectivity index (χ1n) is 28.2. The number of rotatable bonds is 25. The van der Waals surface area contributed by atoms with Gasteiger partial charge in [-0.15, -0.1) is 0 Å². The Labute approximate surface area is 490 Å². The Morgan fingerprint density at radius 2 is 1.07 bits per heavy atom. The molecule has 3 amide bonds. The second-order valence-electron chi connectivity index (χ2n) is 22.4. The van der Waals surface area contributed by atoms with Crippen molar-refractivity contribution in [1.82, 2.24) is 20.6 Å². The number of nitrogens with one attached hydrogen (secondary N) is 5. The number of aromatic nitrogens is 2. The van der Waals surface area contributed by atoms with Crippen LogP contribution in [0.1, 0.15) is 89.5 Å². The second kappa shape index (κ2) is 28.4. The highest BCUT2D eigenvalue weighted by Gasteiger charge is 2.28. The summed E-state index contributed by atoms with van der Waals surface area (Å²) in [6, 6.07) is 30.4. The van der Waals surface area contributed by atoms with Crippen LogP contribution in [0.5, 0.6) is 34.5 Å². The normalized spacial score (nSPS) is 13.5. The Kier molecular flexibility index (Phi) is 20.7. The SMILES string of the molecule is COc1ccc(COc2cccc(OCC3CC3)c2-c2cc(NCCNC(=O)OC(C)(C)C)c(CO)c(N)n2)cc1.COc1ccc(COc2cccc(OCC3CC3)c2-c2cc(NCCNC(=O)OC(C)(C)C)c3c(n2)NC(=O)OC3)cc1.